The highest BCUT2D eigenvalue weighted by atomic mass is 16.2. The lowest BCUT2D eigenvalue weighted by Crippen LogP contribution is -2.28. The van der Waals surface area contributed by atoms with Gasteiger partial charge >= 0.3 is 0 Å². The van der Waals surface area contributed by atoms with Crippen molar-refractivity contribution in [2.24, 2.45) is 0 Å². The van der Waals surface area contributed by atoms with Gasteiger partial charge in [0.05, 0.1) is 6.04 Å². The molecule has 1 aliphatic carbocycles. The number of carbonyl (C=O) groups is 1. The Labute approximate surface area is 148 Å². The average molecular weight is 336 g/mol. The highest BCUT2D eigenvalue weighted by molar-refractivity contribution is 5.79. The maximum absolute atomic E-state index is 12.3. The number of anilines is 1. The number of rotatable bonds is 5. The van der Waals surface area contributed by atoms with E-state index in [0.717, 1.165) is 11.3 Å². The Morgan fingerprint density at radius 1 is 1.12 bits per heavy atom. The van der Waals surface area contributed by atoms with Gasteiger partial charge in [0.1, 0.15) is 0 Å². The summed E-state index contributed by atoms with van der Waals surface area (Å²) in [5, 5.41) is 3.37. The Morgan fingerprint density at radius 2 is 1.92 bits per heavy atom. The van der Waals surface area contributed by atoms with E-state index in [-0.39, 0.29) is 11.9 Å². The molecule has 0 spiro atoms. The smallest absolute Gasteiger partial charge is 0.225 e. The van der Waals surface area contributed by atoms with Gasteiger partial charge in [0.15, 0.2) is 0 Å². The summed E-state index contributed by atoms with van der Waals surface area (Å²) in [5.41, 5.74) is 2.30. The van der Waals surface area contributed by atoms with Gasteiger partial charge in [0, 0.05) is 37.3 Å². The standard InChI is InChI=1S/C20H24N4O/c25-19-12-17(14-24(19)13-15-6-2-1-3-7-15)22-20-21-11-10-18(23-20)16-8-4-5-9-16/h1-3,6-7,10-11,16-17H,4-5,8-9,12-14H2,(H,21,22,23)/t17-/m1/s1. The molecule has 0 radical (unpaired) electrons. The Bertz CT molecular complexity index is 727. The molecule has 5 heteroatoms. The van der Waals surface area contributed by atoms with Crippen molar-refractivity contribution in [2.75, 3.05) is 11.9 Å². The highest BCUT2D eigenvalue weighted by Gasteiger charge is 2.30. The van der Waals surface area contributed by atoms with E-state index < -0.39 is 0 Å². The minimum atomic E-state index is 0.0787. The largest absolute Gasteiger partial charge is 0.349 e. The number of hydrogen-bond acceptors (Lipinski definition) is 4. The summed E-state index contributed by atoms with van der Waals surface area (Å²) in [6.45, 7) is 1.37. The van der Waals surface area contributed by atoms with Crippen molar-refractivity contribution in [1.82, 2.24) is 14.9 Å². The minimum Gasteiger partial charge on any atom is -0.349 e. The van der Waals surface area contributed by atoms with Gasteiger partial charge < -0.3 is 10.2 Å². The molecule has 1 aromatic carbocycles. The third-order valence-corrected chi connectivity index (χ3v) is 5.21. The van der Waals surface area contributed by atoms with Gasteiger partial charge in [-0.15, -0.1) is 0 Å². The second kappa shape index (κ2) is 7.21. The maximum Gasteiger partial charge on any atom is 0.225 e. The molecule has 1 amide bonds. The summed E-state index contributed by atoms with van der Waals surface area (Å²) in [4.78, 5) is 23.3. The predicted molar refractivity (Wildman–Crippen MR) is 97.1 cm³/mol. The Balaban J connectivity index is 1.38. The molecule has 1 aromatic heterocycles. The number of likely N-dealkylation sites (tertiary alicyclic amines) is 1. The summed E-state index contributed by atoms with van der Waals surface area (Å²) in [6, 6.07) is 12.2. The predicted octanol–water partition coefficient (Wildman–Crippen LogP) is 3.35. The monoisotopic (exact) mass is 336 g/mol. The van der Waals surface area contributed by atoms with Crippen molar-refractivity contribution in [3.8, 4) is 0 Å². The number of benzene rings is 1. The van der Waals surface area contributed by atoms with Crippen molar-refractivity contribution < 1.29 is 4.79 Å². The van der Waals surface area contributed by atoms with Crippen molar-refractivity contribution in [1.29, 1.82) is 0 Å². The van der Waals surface area contributed by atoms with E-state index in [4.69, 9.17) is 4.98 Å². The first-order valence-corrected chi connectivity index (χ1v) is 9.19. The molecular weight excluding hydrogens is 312 g/mol. The fourth-order valence-electron chi connectivity index (χ4n) is 3.90. The lowest BCUT2D eigenvalue weighted by molar-refractivity contribution is -0.128. The van der Waals surface area contributed by atoms with E-state index in [1.807, 2.05) is 35.4 Å². The van der Waals surface area contributed by atoms with Crippen LogP contribution in [0, 0.1) is 0 Å². The van der Waals surface area contributed by atoms with E-state index in [2.05, 4.69) is 22.4 Å². The van der Waals surface area contributed by atoms with Gasteiger partial charge in [-0.25, -0.2) is 9.97 Å². The van der Waals surface area contributed by atoms with Crippen LogP contribution in [-0.4, -0.2) is 33.4 Å². The molecule has 0 bridgehead atoms. The lowest BCUT2D eigenvalue weighted by atomic mass is 10.0. The number of nitrogens with zero attached hydrogens (tertiary/aromatic N) is 3. The number of nitrogens with one attached hydrogen (secondary N) is 1. The van der Waals surface area contributed by atoms with Crippen LogP contribution in [0.25, 0.3) is 0 Å². The molecule has 2 fully saturated rings. The number of amides is 1. The average Bonchev–Trinajstić information content (AvgIpc) is 3.27. The van der Waals surface area contributed by atoms with Crippen molar-refractivity contribution in [3.05, 3.63) is 53.9 Å². The number of hydrogen-bond donors (Lipinski definition) is 1. The molecule has 1 N–H and O–H groups in total. The molecule has 2 heterocycles. The quantitative estimate of drug-likeness (QED) is 0.910. The van der Waals surface area contributed by atoms with Crippen LogP contribution in [0.5, 0.6) is 0 Å². The summed E-state index contributed by atoms with van der Waals surface area (Å²) in [7, 11) is 0. The van der Waals surface area contributed by atoms with E-state index in [9.17, 15) is 4.79 Å². The van der Waals surface area contributed by atoms with Crippen molar-refractivity contribution >= 4 is 11.9 Å². The summed E-state index contributed by atoms with van der Waals surface area (Å²) in [5.74, 6) is 1.42. The van der Waals surface area contributed by atoms with Crippen LogP contribution in [0.1, 0.15) is 49.3 Å². The zero-order valence-electron chi connectivity index (χ0n) is 14.4. The van der Waals surface area contributed by atoms with Crippen LogP contribution in [0.15, 0.2) is 42.6 Å². The van der Waals surface area contributed by atoms with Gasteiger partial charge in [-0.2, -0.15) is 0 Å². The molecule has 1 saturated heterocycles. The molecule has 4 rings (SSSR count). The van der Waals surface area contributed by atoms with E-state index in [1.54, 1.807) is 0 Å². The van der Waals surface area contributed by atoms with Crippen LogP contribution in [0.2, 0.25) is 0 Å². The zero-order valence-corrected chi connectivity index (χ0v) is 14.4. The Kier molecular flexibility index (Phi) is 4.63. The summed E-state index contributed by atoms with van der Waals surface area (Å²) >= 11 is 0. The van der Waals surface area contributed by atoms with Gasteiger partial charge in [0.2, 0.25) is 11.9 Å². The van der Waals surface area contributed by atoms with Gasteiger partial charge in [0.25, 0.3) is 0 Å². The van der Waals surface area contributed by atoms with Crippen LogP contribution < -0.4 is 5.32 Å². The van der Waals surface area contributed by atoms with Crippen molar-refractivity contribution in [3.63, 3.8) is 0 Å². The molecular formula is C20H24N4O. The second-order valence-electron chi connectivity index (χ2n) is 7.09. The Morgan fingerprint density at radius 3 is 2.72 bits per heavy atom. The molecule has 1 atom stereocenters. The van der Waals surface area contributed by atoms with E-state index in [0.29, 0.717) is 31.4 Å². The first-order chi connectivity index (χ1) is 12.3. The van der Waals surface area contributed by atoms with Gasteiger partial charge in [-0.05, 0) is 24.5 Å². The third kappa shape index (κ3) is 3.81. The topological polar surface area (TPSA) is 58.1 Å². The third-order valence-electron chi connectivity index (χ3n) is 5.21. The van der Waals surface area contributed by atoms with Crippen LogP contribution in [-0.2, 0) is 11.3 Å². The lowest BCUT2D eigenvalue weighted by Gasteiger charge is -2.17. The molecule has 2 aliphatic rings. The second-order valence-corrected chi connectivity index (χ2v) is 7.09. The highest BCUT2D eigenvalue weighted by Crippen LogP contribution is 2.33. The normalized spacial score (nSPS) is 21.0. The van der Waals surface area contributed by atoms with Gasteiger partial charge in [-0.3, -0.25) is 4.79 Å². The fourth-order valence-corrected chi connectivity index (χ4v) is 3.90. The first kappa shape index (κ1) is 16.1. The molecule has 2 aromatic rings. The number of aromatic nitrogens is 2. The van der Waals surface area contributed by atoms with Crippen molar-refractivity contribution in [2.45, 2.75) is 50.6 Å². The Hall–Kier alpha value is -2.43. The zero-order chi connectivity index (χ0) is 17.1. The van der Waals surface area contributed by atoms with E-state index in [1.165, 1.54) is 25.7 Å². The molecule has 0 unspecified atom stereocenters. The summed E-state index contributed by atoms with van der Waals surface area (Å²) in [6.07, 6.45) is 7.38. The number of carbonyl (C=O) groups excluding carboxylic acids is 1. The molecule has 1 saturated carbocycles. The van der Waals surface area contributed by atoms with Crippen LogP contribution >= 0.6 is 0 Å². The molecule has 25 heavy (non-hydrogen) atoms. The first-order valence-electron chi connectivity index (χ1n) is 9.19. The molecule has 1 aliphatic heterocycles. The summed E-state index contributed by atoms with van der Waals surface area (Å²) < 4.78 is 0. The van der Waals surface area contributed by atoms with Crippen LogP contribution in [0.4, 0.5) is 5.95 Å². The fraction of sp³-hybridized carbons (Fsp3) is 0.450. The molecule has 5 nitrogen and oxygen atoms in total. The minimum absolute atomic E-state index is 0.0787. The maximum atomic E-state index is 12.3. The van der Waals surface area contributed by atoms with E-state index >= 15 is 0 Å². The van der Waals surface area contributed by atoms with Gasteiger partial charge in [-0.1, -0.05) is 43.2 Å². The molecule has 130 valence electrons. The van der Waals surface area contributed by atoms with Crippen LogP contribution in [0.3, 0.4) is 0 Å². The SMILES string of the molecule is O=C1C[C@@H](Nc2nccc(C3CCCC3)n2)CN1Cc1ccccc1.